The van der Waals surface area contributed by atoms with Crippen LogP contribution in [0.5, 0.6) is 5.75 Å². The molecule has 0 saturated heterocycles. The van der Waals surface area contributed by atoms with Crippen LogP contribution in [0.25, 0.3) is 0 Å². The fourth-order valence-electron chi connectivity index (χ4n) is 1.70. The van der Waals surface area contributed by atoms with Crippen LogP contribution in [0.3, 0.4) is 0 Å². The molecule has 0 amide bonds. The maximum Gasteiger partial charge on any atom is 0.263 e. The largest absolute Gasteiger partial charge is 0.497 e. The van der Waals surface area contributed by atoms with Crippen molar-refractivity contribution in [2.24, 2.45) is 0 Å². The van der Waals surface area contributed by atoms with Gasteiger partial charge in [0, 0.05) is 29.5 Å². The number of anilines is 1. The third-order valence-electron chi connectivity index (χ3n) is 2.55. The SMILES string of the molecule is COc1ccc(S(=O)(=O)Cl)c(N2C=CC=CC2)c1. The summed E-state index contributed by atoms with van der Waals surface area (Å²) in [5.41, 5.74) is 0.505. The maximum atomic E-state index is 11.6. The first-order valence-electron chi connectivity index (χ1n) is 5.25. The molecule has 0 N–H and O–H groups in total. The average Bonchev–Trinajstić information content (AvgIpc) is 2.38. The number of halogens is 1. The van der Waals surface area contributed by atoms with E-state index in [-0.39, 0.29) is 4.90 Å². The Morgan fingerprint density at radius 2 is 2.11 bits per heavy atom. The topological polar surface area (TPSA) is 46.6 Å². The Balaban J connectivity index is 2.54. The van der Waals surface area contributed by atoms with Crippen molar-refractivity contribution in [1.29, 1.82) is 0 Å². The highest BCUT2D eigenvalue weighted by atomic mass is 35.7. The first-order chi connectivity index (χ1) is 8.52. The van der Waals surface area contributed by atoms with Crippen molar-refractivity contribution in [3.05, 3.63) is 42.6 Å². The molecular weight excluding hydrogens is 274 g/mol. The predicted molar refractivity (Wildman–Crippen MR) is 71.7 cm³/mol. The van der Waals surface area contributed by atoms with E-state index < -0.39 is 9.05 Å². The summed E-state index contributed by atoms with van der Waals surface area (Å²) in [5.74, 6) is 0.581. The summed E-state index contributed by atoms with van der Waals surface area (Å²) < 4.78 is 28.2. The Morgan fingerprint density at radius 3 is 2.67 bits per heavy atom. The predicted octanol–water partition coefficient (Wildman–Crippen LogP) is 2.51. The number of hydrogen-bond donors (Lipinski definition) is 0. The molecule has 0 unspecified atom stereocenters. The molecule has 1 aromatic rings. The molecule has 0 aliphatic carbocycles. The molecule has 0 aromatic heterocycles. The minimum absolute atomic E-state index is 0.0740. The summed E-state index contributed by atoms with van der Waals surface area (Å²) in [7, 11) is 3.18. The summed E-state index contributed by atoms with van der Waals surface area (Å²) in [6, 6.07) is 4.67. The third-order valence-corrected chi connectivity index (χ3v) is 3.92. The second-order valence-electron chi connectivity index (χ2n) is 3.69. The Morgan fingerprint density at radius 1 is 1.33 bits per heavy atom. The lowest BCUT2D eigenvalue weighted by molar-refractivity contribution is 0.414. The van der Waals surface area contributed by atoms with E-state index in [0.717, 1.165) is 0 Å². The standard InChI is InChI=1S/C12H12ClNO3S/c1-17-10-5-6-12(18(13,15)16)11(9-10)14-7-3-2-4-8-14/h2-7,9H,8H2,1H3. The zero-order valence-corrected chi connectivity index (χ0v) is 11.3. The van der Waals surface area contributed by atoms with Gasteiger partial charge in [-0.15, -0.1) is 0 Å². The lowest BCUT2D eigenvalue weighted by Crippen LogP contribution is -2.19. The van der Waals surface area contributed by atoms with Crippen molar-refractivity contribution in [2.45, 2.75) is 4.90 Å². The van der Waals surface area contributed by atoms with Gasteiger partial charge in [0.15, 0.2) is 0 Å². The van der Waals surface area contributed by atoms with Crippen molar-refractivity contribution < 1.29 is 13.2 Å². The van der Waals surface area contributed by atoms with Crippen LogP contribution >= 0.6 is 10.7 Å². The number of benzene rings is 1. The van der Waals surface area contributed by atoms with Gasteiger partial charge in [-0.05, 0) is 18.2 Å². The lowest BCUT2D eigenvalue weighted by atomic mass is 10.2. The summed E-state index contributed by atoms with van der Waals surface area (Å²) >= 11 is 0. The normalized spacial score (nSPS) is 14.9. The second-order valence-corrected chi connectivity index (χ2v) is 6.23. The molecule has 4 nitrogen and oxygen atoms in total. The maximum absolute atomic E-state index is 11.6. The van der Waals surface area contributed by atoms with Crippen LogP contribution in [0.1, 0.15) is 0 Å². The lowest BCUT2D eigenvalue weighted by Gasteiger charge is -2.23. The number of hydrogen-bond acceptors (Lipinski definition) is 4. The van der Waals surface area contributed by atoms with E-state index in [0.29, 0.717) is 18.0 Å². The van der Waals surface area contributed by atoms with Crippen LogP contribution in [-0.4, -0.2) is 22.1 Å². The highest BCUT2D eigenvalue weighted by molar-refractivity contribution is 8.13. The van der Waals surface area contributed by atoms with Crippen LogP contribution in [-0.2, 0) is 9.05 Å². The first-order valence-corrected chi connectivity index (χ1v) is 7.56. The van der Waals surface area contributed by atoms with Gasteiger partial charge in [0.25, 0.3) is 9.05 Å². The molecule has 2 rings (SSSR count). The molecule has 18 heavy (non-hydrogen) atoms. The quantitative estimate of drug-likeness (QED) is 0.801. The van der Waals surface area contributed by atoms with E-state index in [1.807, 2.05) is 18.2 Å². The highest BCUT2D eigenvalue weighted by Gasteiger charge is 2.20. The van der Waals surface area contributed by atoms with E-state index in [2.05, 4.69) is 0 Å². The molecule has 1 aromatic carbocycles. The van der Waals surface area contributed by atoms with Gasteiger partial charge in [0.2, 0.25) is 0 Å². The van der Waals surface area contributed by atoms with Crippen molar-refractivity contribution >= 4 is 25.4 Å². The molecule has 96 valence electrons. The molecule has 0 spiro atoms. The Labute approximate surface area is 111 Å². The van der Waals surface area contributed by atoms with Gasteiger partial charge in [0.1, 0.15) is 10.6 Å². The van der Waals surface area contributed by atoms with Crippen LogP contribution in [0, 0.1) is 0 Å². The van der Waals surface area contributed by atoms with Crippen molar-refractivity contribution in [3.8, 4) is 5.75 Å². The first kappa shape index (κ1) is 13.0. The number of allylic oxidation sites excluding steroid dienone is 2. The average molecular weight is 286 g/mol. The van der Waals surface area contributed by atoms with Crippen LogP contribution in [0.4, 0.5) is 5.69 Å². The molecule has 6 heteroatoms. The summed E-state index contributed by atoms with van der Waals surface area (Å²) in [5, 5.41) is 0. The number of rotatable bonds is 3. The Kier molecular flexibility index (Phi) is 3.63. The van der Waals surface area contributed by atoms with E-state index >= 15 is 0 Å². The highest BCUT2D eigenvalue weighted by Crippen LogP contribution is 2.32. The smallest absolute Gasteiger partial charge is 0.263 e. The van der Waals surface area contributed by atoms with E-state index in [1.54, 1.807) is 23.2 Å². The Hall–Kier alpha value is -1.46. The molecule has 0 atom stereocenters. The van der Waals surface area contributed by atoms with Crippen molar-refractivity contribution in [1.82, 2.24) is 0 Å². The van der Waals surface area contributed by atoms with Gasteiger partial charge in [-0.2, -0.15) is 0 Å². The minimum Gasteiger partial charge on any atom is -0.497 e. The zero-order chi connectivity index (χ0) is 13.2. The van der Waals surface area contributed by atoms with Gasteiger partial charge in [-0.3, -0.25) is 0 Å². The Bertz CT molecular complexity index is 608. The number of ether oxygens (including phenoxy) is 1. The fourth-order valence-corrected chi connectivity index (χ4v) is 2.75. The fraction of sp³-hybridized carbons (Fsp3) is 0.167. The summed E-state index contributed by atoms with van der Waals surface area (Å²) in [6.07, 6.45) is 7.43. The van der Waals surface area contributed by atoms with E-state index in [9.17, 15) is 8.42 Å². The van der Waals surface area contributed by atoms with Gasteiger partial charge in [-0.25, -0.2) is 8.42 Å². The summed E-state index contributed by atoms with van der Waals surface area (Å²) in [6.45, 7) is 0.586. The molecule has 1 heterocycles. The summed E-state index contributed by atoms with van der Waals surface area (Å²) in [4.78, 5) is 1.86. The second kappa shape index (κ2) is 5.04. The molecule has 0 bridgehead atoms. The van der Waals surface area contributed by atoms with Gasteiger partial charge < -0.3 is 9.64 Å². The molecule has 0 fully saturated rings. The van der Waals surface area contributed by atoms with Crippen LogP contribution in [0.15, 0.2) is 47.5 Å². The van der Waals surface area contributed by atoms with Gasteiger partial charge in [0.05, 0.1) is 12.8 Å². The third kappa shape index (κ3) is 2.68. The van der Waals surface area contributed by atoms with Crippen LogP contribution < -0.4 is 9.64 Å². The monoisotopic (exact) mass is 285 g/mol. The van der Waals surface area contributed by atoms with Gasteiger partial charge >= 0.3 is 0 Å². The van der Waals surface area contributed by atoms with Crippen LogP contribution in [0.2, 0.25) is 0 Å². The number of nitrogens with zero attached hydrogens (tertiary/aromatic N) is 1. The van der Waals surface area contributed by atoms with E-state index in [1.165, 1.54) is 13.2 Å². The van der Waals surface area contributed by atoms with Gasteiger partial charge in [-0.1, -0.05) is 12.2 Å². The van der Waals surface area contributed by atoms with Crippen molar-refractivity contribution in [3.63, 3.8) is 0 Å². The molecule has 1 aliphatic rings. The molecular formula is C12H12ClNO3S. The van der Waals surface area contributed by atoms with Crippen molar-refractivity contribution in [2.75, 3.05) is 18.6 Å². The van der Waals surface area contributed by atoms with E-state index in [4.69, 9.17) is 15.4 Å². The minimum atomic E-state index is -3.79. The molecule has 0 saturated carbocycles. The zero-order valence-electron chi connectivity index (χ0n) is 9.71. The molecule has 0 radical (unpaired) electrons. The molecule has 1 aliphatic heterocycles. The number of methoxy groups -OCH3 is 1.